The molecule has 1 fully saturated rings. The minimum atomic E-state index is -0.480. The summed E-state index contributed by atoms with van der Waals surface area (Å²) in [6, 6.07) is 15.3. The molecular weight excluding hydrogens is 376 g/mol. The Balaban J connectivity index is 1.90. The van der Waals surface area contributed by atoms with Crippen LogP contribution in [0.5, 0.6) is 11.5 Å². The average Bonchev–Trinajstić information content (AvgIpc) is 2.74. The van der Waals surface area contributed by atoms with Crippen molar-refractivity contribution in [1.29, 1.82) is 0 Å². The summed E-state index contributed by atoms with van der Waals surface area (Å²) in [7, 11) is 3.28. The molecule has 4 nitrogen and oxygen atoms in total. The topological polar surface area (TPSA) is 44.8 Å². The van der Waals surface area contributed by atoms with Crippen LogP contribution < -0.4 is 9.47 Å². The van der Waals surface area contributed by atoms with Gasteiger partial charge in [-0.2, -0.15) is 0 Å². The number of carbonyl (C=O) groups is 1. The van der Waals surface area contributed by atoms with Crippen molar-refractivity contribution in [2.24, 2.45) is 17.8 Å². The maximum atomic E-state index is 13.5. The molecule has 0 amide bonds. The van der Waals surface area contributed by atoms with Gasteiger partial charge in [0, 0.05) is 0 Å². The van der Waals surface area contributed by atoms with E-state index in [9.17, 15) is 4.79 Å². The summed E-state index contributed by atoms with van der Waals surface area (Å²) in [6.07, 6.45) is 3.23. The Morgan fingerprint density at radius 3 is 1.80 bits per heavy atom. The standard InChI is InChI=1S/C26H34O4/c1-17(2)23-15-6-18(3)16-24(23)30-26(27)25(19-7-11-21(28-4)12-8-19)20-9-13-22(29-5)14-10-20/h7-14,17-18,23-25H,6,15-16H2,1-5H3/t18-,23-,24+/m0/s1. The number of hydrogen-bond donors (Lipinski definition) is 0. The van der Waals surface area contributed by atoms with Gasteiger partial charge in [0.25, 0.3) is 0 Å². The van der Waals surface area contributed by atoms with E-state index < -0.39 is 5.92 Å². The molecule has 1 aliphatic rings. The molecule has 0 bridgehead atoms. The number of carbonyl (C=O) groups excluding carboxylic acids is 1. The van der Waals surface area contributed by atoms with Crippen LogP contribution in [0, 0.1) is 17.8 Å². The van der Waals surface area contributed by atoms with Crippen LogP contribution in [-0.4, -0.2) is 26.3 Å². The predicted octanol–water partition coefficient (Wildman–Crippen LogP) is 5.84. The number of esters is 1. The molecule has 2 aromatic rings. The van der Waals surface area contributed by atoms with E-state index >= 15 is 0 Å². The molecule has 0 saturated heterocycles. The summed E-state index contributed by atoms with van der Waals surface area (Å²) in [6.45, 7) is 6.71. The molecule has 1 saturated carbocycles. The summed E-state index contributed by atoms with van der Waals surface area (Å²) < 4.78 is 16.8. The van der Waals surface area contributed by atoms with E-state index in [0.29, 0.717) is 17.8 Å². The normalized spacial score (nSPS) is 21.5. The van der Waals surface area contributed by atoms with E-state index in [-0.39, 0.29) is 12.1 Å². The van der Waals surface area contributed by atoms with Crippen LogP contribution in [0.4, 0.5) is 0 Å². The third-order valence-electron chi connectivity index (χ3n) is 6.36. The van der Waals surface area contributed by atoms with E-state index in [0.717, 1.165) is 35.5 Å². The lowest BCUT2D eigenvalue weighted by molar-refractivity contribution is -0.156. The van der Waals surface area contributed by atoms with Gasteiger partial charge in [0.15, 0.2) is 0 Å². The molecular formula is C26H34O4. The Morgan fingerprint density at radius 1 is 0.867 bits per heavy atom. The van der Waals surface area contributed by atoms with Crippen molar-refractivity contribution in [2.75, 3.05) is 14.2 Å². The first-order chi connectivity index (χ1) is 14.4. The van der Waals surface area contributed by atoms with Crippen LogP contribution in [0.1, 0.15) is 57.1 Å². The highest BCUT2D eigenvalue weighted by Crippen LogP contribution is 2.37. The average molecular weight is 411 g/mol. The number of methoxy groups -OCH3 is 2. The molecule has 162 valence electrons. The van der Waals surface area contributed by atoms with Crippen molar-refractivity contribution < 1.29 is 19.0 Å². The van der Waals surface area contributed by atoms with E-state index in [1.54, 1.807) is 14.2 Å². The Kier molecular flexibility index (Phi) is 7.41. The molecule has 0 unspecified atom stereocenters. The first-order valence-electron chi connectivity index (χ1n) is 10.9. The zero-order valence-corrected chi connectivity index (χ0v) is 18.8. The van der Waals surface area contributed by atoms with Crippen LogP contribution in [0.2, 0.25) is 0 Å². The lowest BCUT2D eigenvalue weighted by Crippen LogP contribution is -2.37. The minimum Gasteiger partial charge on any atom is -0.497 e. The fourth-order valence-electron chi connectivity index (χ4n) is 4.52. The van der Waals surface area contributed by atoms with Crippen LogP contribution in [0.3, 0.4) is 0 Å². The van der Waals surface area contributed by atoms with Crippen molar-refractivity contribution >= 4 is 5.97 Å². The van der Waals surface area contributed by atoms with Gasteiger partial charge in [-0.3, -0.25) is 4.79 Å². The molecule has 0 aromatic heterocycles. The van der Waals surface area contributed by atoms with Gasteiger partial charge in [-0.25, -0.2) is 0 Å². The van der Waals surface area contributed by atoms with Crippen molar-refractivity contribution in [1.82, 2.24) is 0 Å². The van der Waals surface area contributed by atoms with Crippen molar-refractivity contribution in [3.05, 3.63) is 59.7 Å². The van der Waals surface area contributed by atoms with Crippen molar-refractivity contribution in [2.45, 2.75) is 52.1 Å². The third-order valence-corrected chi connectivity index (χ3v) is 6.36. The predicted molar refractivity (Wildman–Crippen MR) is 119 cm³/mol. The molecule has 2 aromatic carbocycles. The van der Waals surface area contributed by atoms with Gasteiger partial charge < -0.3 is 14.2 Å². The van der Waals surface area contributed by atoms with E-state index in [2.05, 4.69) is 20.8 Å². The van der Waals surface area contributed by atoms with E-state index in [1.807, 2.05) is 48.5 Å². The minimum absolute atomic E-state index is 0.0275. The zero-order valence-electron chi connectivity index (χ0n) is 18.8. The molecule has 0 spiro atoms. The quantitative estimate of drug-likeness (QED) is 0.538. The Bertz CT molecular complexity index is 762. The molecule has 3 rings (SSSR count). The SMILES string of the molecule is COc1ccc(C(C(=O)O[C@@H]2C[C@@H](C)CC[C@H]2C(C)C)c2ccc(OC)cc2)cc1. The summed E-state index contributed by atoms with van der Waals surface area (Å²) >= 11 is 0. The van der Waals surface area contributed by atoms with Gasteiger partial charge >= 0.3 is 5.97 Å². The van der Waals surface area contributed by atoms with Gasteiger partial charge in [0.1, 0.15) is 23.5 Å². The number of rotatable bonds is 7. The lowest BCUT2D eigenvalue weighted by Gasteiger charge is -2.37. The van der Waals surface area contributed by atoms with Crippen LogP contribution in [-0.2, 0) is 9.53 Å². The first-order valence-corrected chi connectivity index (χ1v) is 10.9. The summed E-state index contributed by atoms with van der Waals surface area (Å²) in [5.74, 6) is 2.36. The second kappa shape index (κ2) is 10.0. The highest BCUT2D eigenvalue weighted by molar-refractivity contribution is 5.82. The smallest absolute Gasteiger partial charge is 0.318 e. The fraction of sp³-hybridized carbons (Fsp3) is 0.500. The fourth-order valence-corrected chi connectivity index (χ4v) is 4.52. The van der Waals surface area contributed by atoms with Crippen LogP contribution in [0.25, 0.3) is 0 Å². The maximum Gasteiger partial charge on any atom is 0.318 e. The number of hydrogen-bond acceptors (Lipinski definition) is 4. The van der Waals surface area contributed by atoms with Crippen molar-refractivity contribution in [3.63, 3.8) is 0 Å². The molecule has 3 atom stereocenters. The summed E-state index contributed by atoms with van der Waals surface area (Å²) in [5.41, 5.74) is 1.80. The second-order valence-corrected chi connectivity index (χ2v) is 8.78. The second-order valence-electron chi connectivity index (χ2n) is 8.78. The van der Waals surface area contributed by atoms with Gasteiger partial charge in [-0.05, 0) is 66.0 Å². The first kappa shape index (κ1) is 22.2. The van der Waals surface area contributed by atoms with Gasteiger partial charge in [0.05, 0.1) is 14.2 Å². The lowest BCUT2D eigenvalue weighted by atomic mass is 9.75. The highest BCUT2D eigenvalue weighted by atomic mass is 16.5. The van der Waals surface area contributed by atoms with E-state index in [4.69, 9.17) is 14.2 Å². The van der Waals surface area contributed by atoms with Gasteiger partial charge in [-0.15, -0.1) is 0 Å². The molecule has 4 heteroatoms. The van der Waals surface area contributed by atoms with Crippen LogP contribution >= 0.6 is 0 Å². The number of benzene rings is 2. The largest absolute Gasteiger partial charge is 0.497 e. The molecule has 0 N–H and O–H groups in total. The van der Waals surface area contributed by atoms with E-state index in [1.165, 1.54) is 6.42 Å². The molecule has 1 aliphatic carbocycles. The number of ether oxygens (including phenoxy) is 3. The maximum absolute atomic E-state index is 13.5. The Hall–Kier alpha value is -2.49. The van der Waals surface area contributed by atoms with Crippen molar-refractivity contribution in [3.8, 4) is 11.5 Å². The summed E-state index contributed by atoms with van der Waals surface area (Å²) in [4.78, 5) is 13.5. The molecule has 30 heavy (non-hydrogen) atoms. The Labute approximate surface area is 180 Å². The monoisotopic (exact) mass is 410 g/mol. The molecule has 0 radical (unpaired) electrons. The summed E-state index contributed by atoms with van der Waals surface area (Å²) in [5, 5.41) is 0. The molecule has 0 heterocycles. The molecule has 0 aliphatic heterocycles. The van der Waals surface area contributed by atoms with Gasteiger partial charge in [-0.1, -0.05) is 51.5 Å². The zero-order chi connectivity index (χ0) is 21.7. The third kappa shape index (κ3) is 5.16. The van der Waals surface area contributed by atoms with Crippen LogP contribution in [0.15, 0.2) is 48.5 Å². The van der Waals surface area contributed by atoms with Gasteiger partial charge in [0.2, 0.25) is 0 Å². The highest BCUT2D eigenvalue weighted by Gasteiger charge is 2.35. The Morgan fingerprint density at radius 2 is 1.37 bits per heavy atom.